The number of H-pyrrole nitrogens is 1. The molecule has 1 heterocycles. The average Bonchev–Trinajstić information content (AvgIpc) is 2.99. The summed E-state index contributed by atoms with van der Waals surface area (Å²) in [7, 11) is -3.70. The molecule has 24 heavy (non-hydrogen) atoms. The third kappa shape index (κ3) is 3.53. The molecule has 3 N–H and O–H groups in total. The fourth-order valence-electron chi connectivity index (χ4n) is 2.38. The van der Waals surface area contributed by atoms with Crippen molar-refractivity contribution in [1.29, 1.82) is 0 Å². The zero-order valence-corrected chi connectivity index (χ0v) is 14.7. The van der Waals surface area contributed by atoms with Gasteiger partial charge in [0.05, 0.1) is 16.3 Å². The number of hydrogen-bond acceptors (Lipinski definition) is 4. The van der Waals surface area contributed by atoms with Gasteiger partial charge in [0, 0.05) is 11.1 Å². The average molecular weight is 359 g/mol. The second-order valence-corrected chi connectivity index (χ2v) is 7.95. The molecule has 3 rings (SSSR count). The van der Waals surface area contributed by atoms with Crippen LogP contribution in [0.1, 0.15) is 6.92 Å². The molecule has 0 saturated carbocycles. The summed E-state index contributed by atoms with van der Waals surface area (Å²) in [4.78, 5) is 8.10. The van der Waals surface area contributed by atoms with Gasteiger partial charge < -0.3 is 4.98 Å². The van der Waals surface area contributed by atoms with Crippen molar-refractivity contribution in [2.45, 2.75) is 17.0 Å². The molecule has 5 nitrogen and oxygen atoms in total. The zero-order valence-electron chi connectivity index (χ0n) is 13.1. The molecule has 0 atom stereocenters. The van der Waals surface area contributed by atoms with E-state index in [0.717, 1.165) is 33.4 Å². The quantitative estimate of drug-likeness (QED) is 0.682. The number of thioether (sulfide) groups is 1. The van der Waals surface area contributed by atoms with Gasteiger partial charge >= 0.3 is 0 Å². The van der Waals surface area contributed by atoms with Crippen LogP contribution in [0.2, 0.25) is 0 Å². The first-order valence-corrected chi connectivity index (χ1v) is 9.93. The van der Waals surface area contributed by atoms with Crippen LogP contribution in [0.15, 0.2) is 64.6 Å². The van der Waals surface area contributed by atoms with E-state index in [-0.39, 0.29) is 4.90 Å². The summed E-state index contributed by atoms with van der Waals surface area (Å²) in [5.41, 5.74) is 3.56. The minimum atomic E-state index is -3.70. The maximum atomic E-state index is 11.4. The minimum Gasteiger partial charge on any atom is -0.332 e. The molecule has 1 aromatic heterocycles. The van der Waals surface area contributed by atoms with E-state index in [1.54, 1.807) is 23.9 Å². The van der Waals surface area contributed by atoms with E-state index in [2.05, 4.69) is 16.9 Å². The van der Waals surface area contributed by atoms with Crippen LogP contribution in [0, 0.1) is 0 Å². The largest absolute Gasteiger partial charge is 0.332 e. The number of aromatic nitrogens is 2. The molecule has 0 bridgehead atoms. The predicted octanol–water partition coefficient (Wildman–Crippen LogP) is 3.50. The molecule has 0 saturated heterocycles. The number of rotatable bonds is 5. The molecule has 7 heteroatoms. The van der Waals surface area contributed by atoms with Gasteiger partial charge in [0.2, 0.25) is 10.0 Å². The van der Waals surface area contributed by atoms with Gasteiger partial charge in [0.25, 0.3) is 0 Å². The van der Waals surface area contributed by atoms with Crippen molar-refractivity contribution in [3.05, 3.63) is 54.6 Å². The Morgan fingerprint density at radius 2 is 1.71 bits per heavy atom. The number of nitrogens with two attached hydrogens (primary N) is 1. The Kier molecular flexibility index (Phi) is 4.75. The highest BCUT2D eigenvalue weighted by molar-refractivity contribution is 7.99. The van der Waals surface area contributed by atoms with Crippen molar-refractivity contribution in [1.82, 2.24) is 9.97 Å². The Morgan fingerprint density at radius 3 is 2.29 bits per heavy atom. The molecule has 0 radical (unpaired) electrons. The zero-order chi connectivity index (χ0) is 17.2. The summed E-state index contributed by atoms with van der Waals surface area (Å²) in [5.74, 6) is 0.908. The lowest BCUT2D eigenvalue weighted by molar-refractivity contribution is 0.598. The Balaban J connectivity index is 2.09. The Hall–Kier alpha value is -2.09. The van der Waals surface area contributed by atoms with Crippen LogP contribution >= 0.6 is 11.8 Å². The highest BCUT2D eigenvalue weighted by Crippen LogP contribution is 2.32. The Bertz CT molecular complexity index is 934. The van der Waals surface area contributed by atoms with Crippen LogP contribution in [-0.2, 0) is 10.0 Å². The van der Waals surface area contributed by atoms with Crippen LogP contribution in [0.25, 0.3) is 22.5 Å². The van der Waals surface area contributed by atoms with E-state index < -0.39 is 10.0 Å². The minimum absolute atomic E-state index is 0.0928. The van der Waals surface area contributed by atoms with Gasteiger partial charge in [-0.3, -0.25) is 0 Å². The number of hydrogen-bond donors (Lipinski definition) is 2. The van der Waals surface area contributed by atoms with E-state index in [0.29, 0.717) is 0 Å². The summed E-state index contributed by atoms with van der Waals surface area (Å²) < 4.78 is 22.8. The van der Waals surface area contributed by atoms with Gasteiger partial charge in [-0.25, -0.2) is 18.5 Å². The number of aromatic amines is 1. The normalized spacial score (nSPS) is 11.6. The van der Waals surface area contributed by atoms with Gasteiger partial charge in [-0.15, -0.1) is 0 Å². The number of benzene rings is 2. The number of primary sulfonamides is 1. The summed E-state index contributed by atoms with van der Waals surface area (Å²) in [6.07, 6.45) is 0. The lowest BCUT2D eigenvalue weighted by Crippen LogP contribution is -2.11. The van der Waals surface area contributed by atoms with Gasteiger partial charge in [-0.1, -0.05) is 61.2 Å². The molecule has 0 aliphatic rings. The van der Waals surface area contributed by atoms with E-state index in [1.807, 2.05) is 30.3 Å². The first-order chi connectivity index (χ1) is 11.5. The second kappa shape index (κ2) is 6.80. The highest BCUT2D eigenvalue weighted by atomic mass is 32.2. The van der Waals surface area contributed by atoms with Crippen LogP contribution in [0.3, 0.4) is 0 Å². The third-order valence-electron chi connectivity index (χ3n) is 3.48. The third-order valence-corrected chi connectivity index (χ3v) is 5.17. The Labute approximate surface area is 145 Å². The van der Waals surface area contributed by atoms with E-state index in [4.69, 9.17) is 5.14 Å². The molecule has 0 aliphatic carbocycles. The van der Waals surface area contributed by atoms with Crippen molar-refractivity contribution in [2.75, 3.05) is 5.75 Å². The van der Waals surface area contributed by atoms with Gasteiger partial charge in [-0.05, 0) is 17.9 Å². The first-order valence-electron chi connectivity index (χ1n) is 7.40. The molecule has 0 spiro atoms. The smallest absolute Gasteiger partial charge is 0.238 e. The molecule has 0 amide bonds. The topological polar surface area (TPSA) is 88.8 Å². The summed E-state index contributed by atoms with van der Waals surface area (Å²) in [5, 5.41) is 5.99. The van der Waals surface area contributed by atoms with Gasteiger partial charge in [0.1, 0.15) is 0 Å². The first kappa shape index (κ1) is 16.8. The van der Waals surface area contributed by atoms with Crippen molar-refractivity contribution < 1.29 is 8.42 Å². The molecule has 0 aliphatic heterocycles. The number of sulfonamides is 1. The van der Waals surface area contributed by atoms with Crippen molar-refractivity contribution >= 4 is 21.8 Å². The molecular weight excluding hydrogens is 342 g/mol. The lowest BCUT2D eigenvalue weighted by atomic mass is 10.1. The Morgan fingerprint density at radius 1 is 1.04 bits per heavy atom. The molecular formula is C17H17N3O2S2. The maximum Gasteiger partial charge on any atom is 0.238 e. The fourth-order valence-corrected chi connectivity index (χ4v) is 3.50. The van der Waals surface area contributed by atoms with E-state index in [9.17, 15) is 8.42 Å². The van der Waals surface area contributed by atoms with Crippen LogP contribution in [-0.4, -0.2) is 24.1 Å². The summed E-state index contributed by atoms with van der Waals surface area (Å²) in [6, 6.07) is 16.4. The number of nitrogens with zero attached hydrogens (tertiary/aromatic N) is 1. The van der Waals surface area contributed by atoms with Crippen LogP contribution in [0.5, 0.6) is 0 Å². The number of imidazole rings is 1. The number of nitrogens with one attached hydrogen (secondary N) is 1. The van der Waals surface area contributed by atoms with Crippen molar-refractivity contribution in [3.63, 3.8) is 0 Å². The predicted molar refractivity (Wildman–Crippen MR) is 97.2 cm³/mol. The van der Waals surface area contributed by atoms with Crippen molar-refractivity contribution in [3.8, 4) is 22.5 Å². The van der Waals surface area contributed by atoms with E-state index >= 15 is 0 Å². The monoisotopic (exact) mass is 359 g/mol. The lowest BCUT2D eigenvalue weighted by Gasteiger charge is -2.04. The van der Waals surface area contributed by atoms with Crippen molar-refractivity contribution in [2.24, 2.45) is 5.14 Å². The molecule has 3 aromatic rings. The van der Waals surface area contributed by atoms with Crippen LogP contribution in [0.4, 0.5) is 0 Å². The fraction of sp³-hybridized carbons (Fsp3) is 0.118. The second-order valence-electron chi connectivity index (χ2n) is 5.13. The van der Waals surface area contributed by atoms with Gasteiger partial charge in [0.15, 0.2) is 5.16 Å². The van der Waals surface area contributed by atoms with Crippen LogP contribution < -0.4 is 5.14 Å². The molecule has 124 valence electrons. The molecule has 2 aromatic carbocycles. The molecule has 0 unspecified atom stereocenters. The molecule has 0 fully saturated rings. The van der Waals surface area contributed by atoms with E-state index in [1.165, 1.54) is 12.1 Å². The van der Waals surface area contributed by atoms with Gasteiger partial charge in [-0.2, -0.15) is 0 Å². The standard InChI is InChI=1S/C17H17N3O2S2/c1-2-23-17-19-15(12-6-4-3-5-7-12)16(20-17)13-8-10-14(11-9-13)24(18,21)22/h3-11H,2H2,1H3,(H,19,20)(H2,18,21,22). The SMILES string of the molecule is CCSc1nc(-c2ccccc2)c(-c2ccc(S(N)(=O)=O)cc2)[nH]1. The maximum absolute atomic E-state index is 11.4. The summed E-state index contributed by atoms with van der Waals surface area (Å²) in [6.45, 7) is 2.07. The highest BCUT2D eigenvalue weighted by Gasteiger charge is 2.15. The summed E-state index contributed by atoms with van der Waals surface area (Å²) >= 11 is 1.62.